The lowest BCUT2D eigenvalue weighted by Gasteiger charge is -2.29. The van der Waals surface area contributed by atoms with Gasteiger partial charge in [-0.3, -0.25) is 9.59 Å². The molecule has 0 aromatic heterocycles. The fourth-order valence-electron chi connectivity index (χ4n) is 1.48. The average molecular weight is 188 g/mol. The predicted molar refractivity (Wildman–Crippen MR) is 47.4 cm³/mol. The molecule has 4 heteroatoms. The van der Waals surface area contributed by atoms with E-state index >= 15 is 0 Å². The Labute approximate surface area is 77.6 Å². The van der Waals surface area contributed by atoms with Crippen molar-refractivity contribution in [3.05, 3.63) is 0 Å². The van der Waals surface area contributed by atoms with Crippen molar-refractivity contribution >= 4 is 11.9 Å². The first-order chi connectivity index (χ1) is 5.68. The second-order valence-corrected chi connectivity index (χ2v) is 4.31. The van der Waals surface area contributed by atoms with Crippen molar-refractivity contribution < 1.29 is 19.8 Å². The van der Waals surface area contributed by atoms with Crippen LogP contribution in [0.1, 0.15) is 27.7 Å². The summed E-state index contributed by atoms with van der Waals surface area (Å²) in [6.07, 6.45) is 0. The van der Waals surface area contributed by atoms with E-state index in [4.69, 9.17) is 10.2 Å². The van der Waals surface area contributed by atoms with Crippen molar-refractivity contribution in [3.8, 4) is 0 Å². The molecule has 0 aromatic rings. The summed E-state index contributed by atoms with van der Waals surface area (Å²) in [7, 11) is 0. The van der Waals surface area contributed by atoms with E-state index in [9.17, 15) is 9.59 Å². The van der Waals surface area contributed by atoms with Crippen LogP contribution in [0.4, 0.5) is 0 Å². The summed E-state index contributed by atoms with van der Waals surface area (Å²) in [5.41, 5.74) is -0.538. The molecule has 0 radical (unpaired) electrons. The molecule has 0 heterocycles. The van der Waals surface area contributed by atoms with Crippen molar-refractivity contribution in [2.24, 2.45) is 17.3 Å². The summed E-state index contributed by atoms with van der Waals surface area (Å²) >= 11 is 0. The lowest BCUT2D eigenvalue weighted by Crippen LogP contribution is -2.37. The zero-order chi connectivity index (χ0) is 10.8. The van der Waals surface area contributed by atoms with Crippen LogP contribution >= 0.6 is 0 Å². The summed E-state index contributed by atoms with van der Waals surface area (Å²) in [4.78, 5) is 21.5. The van der Waals surface area contributed by atoms with Gasteiger partial charge in [0.25, 0.3) is 0 Å². The summed E-state index contributed by atoms with van der Waals surface area (Å²) in [5.74, 6) is -3.84. The molecule has 0 aliphatic heterocycles. The van der Waals surface area contributed by atoms with Crippen LogP contribution in [0.5, 0.6) is 0 Å². The number of carboxylic acids is 2. The highest BCUT2D eigenvalue weighted by Gasteiger charge is 2.39. The monoisotopic (exact) mass is 188 g/mol. The van der Waals surface area contributed by atoms with Crippen LogP contribution in [0.25, 0.3) is 0 Å². The van der Waals surface area contributed by atoms with E-state index in [1.165, 1.54) is 6.92 Å². The largest absolute Gasteiger partial charge is 0.481 e. The second kappa shape index (κ2) is 3.77. The Hall–Kier alpha value is -1.06. The molecule has 0 spiro atoms. The number of carboxylic acid groups (broad SMARTS) is 2. The van der Waals surface area contributed by atoms with E-state index in [0.717, 1.165) is 0 Å². The zero-order valence-electron chi connectivity index (χ0n) is 8.37. The van der Waals surface area contributed by atoms with Gasteiger partial charge in [0, 0.05) is 0 Å². The summed E-state index contributed by atoms with van der Waals surface area (Å²) < 4.78 is 0. The third-order valence-electron chi connectivity index (χ3n) is 2.09. The number of aliphatic carboxylic acids is 2. The third-order valence-corrected chi connectivity index (χ3v) is 2.09. The Kier molecular flexibility index (Phi) is 3.46. The lowest BCUT2D eigenvalue weighted by molar-refractivity contribution is -0.157. The van der Waals surface area contributed by atoms with Gasteiger partial charge in [0.15, 0.2) is 0 Å². The minimum atomic E-state index is -1.07. The van der Waals surface area contributed by atoms with Crippen molar-refractivity contribution in [1.29, 1.82) is 0 Å². The minimum Gasteiger partial charge on any atom is -0.481 e. The van der Waals surface area contributed by atoms with Crippen molar-refractivity contribution in [2.45, 2.75) is 27.7 Å². The number of hydrogen-bond donors (Lipinski definition) is 2. The number of hydrogen-bond acceptors (Lipinski definition) is 2. The average Bonchev–Trinajstić information content (AvgIpc) is 1.82. The van der Waals surface area contributed by atoms with Crippen molar-refractivity contribution in [1.82, 2.24) is 0 Å². The molecule has 76 valence electrons. The van der Waals surface area contributed by atoms with E-state index in [-0.39, 0.29) is 0 Å². The van der Waals surface area contributed by atoms with Gasteiger partial charge in [0.2, 0.25) is 0 Å². The van der Waals surface area contributed by atoms with Gasteiger partial charge in [0.1, 0.15) is 0 Å². The molecule has 0 bridgehead atoms. The van der Waals surface area contributed by atoms with Crippen LogP contribution in [0.3, 0.4) is 0 Å². The van der Waals surface area contributed by atoms with E-state index in [2.05, 4.69) is 0 Å². The Balaban J connectivity index is 4.83. The van der Waals surface area contributed by atoms with Gasteiger partial charge in [0.05, 0.1) is 11.8 Å². The first kappa shape index (κ1) is 11.9. The fourth-order valence-corrected chi connectivity index (χ4v) is 1.48. The molecule has 2 atom stereocenters. The molecular formula is C9H16O4. The maximum atomic E-state index is 10.8. The highest BCUT2D eigenvalue weighted by molar-refractivity contribution is 5.80. The summed E-state index contributed by atoms with van der Waals surface area (Å²) in [6.45, 7) is 6.61. The Morgan fingerprint density at radius 3 is 1.54 bits per heavy atom. The molecule has 2 N–H and O–H groups in total. The van der Waals surface area contributed by atoms with Crippen LogP contribution in [0.15, 0.2) is 0 Å². The fraction of sp³-hybridized carbons (Fsp3) is 0.778. The van der Waals surface area contributed by atoms with Gasteiger partial charge in [-0.2, -0.15) is 0 Å². The summed E-state index contributed by atoms with van der Waals surface area (Å²) in [5, 5.41) is 17.6. The van der Waals surface area contributed by atoms with Crippen LogP contribution in [0, 0.1) is 17.3 Å². The number of carbonyl (C=O) groups is 2. The minimum absolute atomic E-state index is 0.538. The maximum absolute atomic E-state index is 10.8. The van der Waals surface area contributed by atoms with Crippen LogP contribution in [-0.2, 0) is 9.59 Å². The third kappa shape index (κ3) is 3.05. The van der Waals surface area contributed by atoms with E-state index < -0.39 is 29.2 Å². The van der Waals surface area contributed by atoms with Crippen LogP contribution in [-0.4, -0.2) is 22.2 Å². The van der Waals surface area contributed by atoms with Gasteiger partial charge in [-0.25, -0.2) is 0 Å². The smallest absolute Gasteiger partial charge is 0.307 e. The molecule has 0 aliphatic carbocycles. The molecule has 0 amide bonds. The van der Waals surface area contributed by atoms with Gasteiger partial charge in [-0.05, 0) is 5.41 Å². The lowest BCUT2D eigenvalue weighted by atomic mass is 9.74. The van der Waals surface area contributed by atoms with Gasteiger partial charge < -0.3 is 10.2 Å². The normalized spacial score (nSPS) is 16.3. The second-order valence-electron chi connectivity index (χ2n) is 4.31. The molecular weight excluding hydrogens is 172 g/mol. The van der Waals surface area contributed by atoms with Crippen molar-refractivity contribution in [2.75, 3.05) is 0 Å². The molecule has 0 aromatic carbocycles. The molecule has 13 heavy (non-hydrogen) atoms. The zero-order valence-corrected chi connectivity index (χ0v) is 8.37. The Morgan fingerprint density at radius 2 is 1.46 bits per heavy atom. The highest BCUT2D eigenvalue weighted by Crippen LogP contribution is 2.32. The predicted octanol–water partition coefficient (Wildman–Crippen LogP) is 1.45. The van der Waals surface area contributed by atoms with Gasteiger partial charge in [-0.15, -0.1) is 0 Å². The topological polar surface area (TPSA) is 74.6 Å². The van der Waals surface area contributed by atoms with E-state index in [1.807, 2.05) is 0 Å². The molecule has 0 aliphatic rings. The quantitative estimate of drug-likeness (QED) is 0.703. The molecule has 0 rings (SSSR count). The molecule has 4 nitrogen and oxygen atoms in total. The molecule has 0 saturated heterocycles. The van der Waals surface area contributed by atoms with E-state index in [1.54, 1.807) is 20.8 Å². The molecule has 0 saturated carbocycles. The Bertz CT molecular complexity index is 214. The van der Waals surface area contributed by atoms with Crippen LogP contribution in [0.2, 0.25) is 0 Å². The van der Waals surface area contributed by atoms with Gasteiger partial charge in [-0.1, -0.05) is 27.7 Å². The molecule has 2 unspecified atom stereocenters. The number of rotatable bonds is 3. The first-order valence-electron chi connectivity index (χ1n) is 4.13. The SMILES string of the molecule is CC(C(=O)O)C(C(=O)O)C(C)(C)C. The highest BCUT2D eigenvalue weighted by atomic mass is 16.4. The van der Waals surface area contributed by atoms with E-state index in [0.29, 0.717) is 0 Å². The van der Waals surface area contributed by atoms with Crippen LogP contribution < -0.4 is 0 Å². The molecule has 0 fully saturated rings. The maximum Gasteiger partial charge on any atom is 0.307 e. The van der Waals surface area contributed by atoms with Gasteiger partial charge >= 0.3 is 11.9 Å². The first-order valence-corrected chi connectivity index (χ1v) is 4.13. The Morgan fingerprint density at radius 1 is 1.08 bits per heavy atom. The van der Waals surface area contributed by atoms with Crippen molar-refractivity contribution in [3.63, 3.8) is 0 Å². The summed E-state index contributed by atoms with van der Waals surface area (Å²) in [6, 6.07) is 0. The standard InChI is InChI=1S/C9H16O4/c1-5(7(10)11)6(8(12)13)9(2,3)4/h5-6H,1-4H3,(H,10,11)(H,12,13).